The molecule has 0 spiro atoms. The number of amides is 2. The first kappa shape index (κ1) is 14.1. The Morgan fingerprint density at radius 2 is 2.12 bits per heavy atom. The molecule has 1 aliphatic rings. The maximum atomic E-state index is 11.9. The van der Waals surface area contributed by atoms with Crippen LogP contribution in [-0.4, -0.2) is 56.0 Å². The summed E-state index contributed by atoms with van der Waals surface area (Å²) in [5.41, 5.74) is 0. The highest BCUT2D eigenvalue weighted by Gasteiger charge is 2.37. The molecule has 2 N–H and O–H groups in total. The van der Waals surface area contributed by atoms with Gasteiger partial charge in [0.15, 0.2) is 0 Å². The summed E-state index contributed by atoms with van der Waals surface area (Å²) in [4.78, 5) is 22.5. The highest BCUT2D eigenvalue weighted by Crippen LogP contribution is 2.11. The number of piperazine rings is 1. The molecule has 0 bridgehead atoms. The molecule has 0 radical (unpaired) electrons. The second kappa shape index (κ2) is 5.56. The van der Waals surface area contributed by atoms with Crippen molar-refractivity contribution in [3.8, 4) is 0 Å². The van der Waals surface area contributed by atoms with Crippen LogP contribution in [0.5, 0.6) is 0 Å². The van der Waals surface area contributed by atoms with E-state index in [2.05, 4.69) is 10.6 Å². The zero-order valence-electron chi connectivity index (χ0n) is 9.89. The van der Waals surface area contributed by atoms with Gasteiger partial charge in [-0.3, -0.25) is 14.9 Å². The molecule has 2 amide bonds. The lowest BCUT2D eigenvalue weighted by Crippen LogP contribution is -2.59. The Morgan fingerprint density at radius 3 is 2.71 bits per heavy atom. The molecule has 1 fully saturated rings. The first-order valence-electron chi connectivity index (χ1n) is 5.42. The van der Waals surface area contributed by atoms with E-state index in [4.69, 9.17) is 0 Å². The maximum Gasteiger partial charge on any atom is 0.244 e. The van der Waals surface area contributed by atoms with E-state index in [0.717, 1.165) is 4.31 Å². The van der Waals surface area contributed by atoms with E-state index in [1.165, 1.54) is 6.92 Å². The largest absolute Gasteiger partial charge is 0.316 e. The first-order chi connectivity index (χ1) is 7.88. The van der Waals surface area contributed by atoms with Crippen molar-refractivity contribution in [2.24, 2.45) is 0 Å². The van der Waals surface area contributed by atoms with Crippen LogP contribution in [-0.2, 0) is 19.6 Å². The van der Waals surface area contributed by atoms with Crippen molar-refractivity contribution in [1.82, 2.24) is 14.9 Å². The fourth-order valence-electron chi connectivity index (χ4n) is 1.53. The number of carbonyl (C=O) groups excluding carboxylic acids is 2. The zero-order valence-corrected chi connectivity index (χ0v) is 10.7. The van der Waals surface area contributed by atoms with Crippen LogP contribution in [0.3, 0.4) is 0 Å². The van der Waals surface area contributed by atoms with E-state index < -0.39 is 27.9 Å². The van der Waals surface area contributed by atoms with Gasteiger partial charge in [-0.25, -0.2) is 8.42 Å². The molecule has 1 atom stereocenters. The minimum absolute atomic E-state index is 0.119. The van der Waals surface area contributed by atoms with Crippen LogP contribution in [0.25, 0.3) is 0 Å². The van der Waals surface area contributed by atoms with Gasteiger partial charge in [0.25, 0.3) is 0 Å². The first-order valence-corrected chi connectivity index (χ1v) is 7.03. The molecule has 98 valence electrons. The molecule has 0 saturated carbocycles. The molecule has 1 saturated heterocycles. The summed E-state index contributed by atoms with van der Waals surface area (Å²) < 4.78 is 24.8. The van der Waals surface area contributed by atoms with E-state index in [1.807, 2.05) is 6.92 Å². The number of nitrogens with one attached hydrogen (secondary N) is 2. The Hall–Kier alpha value is -0.990. The van der Waals surface area contributed by atoms with Crippen molar-refractivity contribution in [3.63, 3.8) is 0 Å². The lowest BCUT2D eigenvalue weighted by Gasteiger charge is -2.30. The number of hydrogen-bond donors (Lipinski definition) is 2. The van der Waals surface area contributed by atoms with Crippen molar-refractivity contribution < 1.29 is 18.0 Å². The standard InChI is InChI=1S/C9H17N3O4S/c1-3-10-4-5-17(15,16)12-6-8(13)11-9(14)7(12)2/h7,10H,3-6H2,1-2H3,(H,11,13,14). The van der Waals surface area contributed by atoms with Crippen LogP contribution in [0.2, 0.25) is 0 Å². The predicted molar refractivity (Wildman–Crippen MR) is 61.6 cm³/mol. The molecule has 0 aliphatic carbocycles. The minimum atomic E-state index is -3.58. The summed E-state index contributed by atoms with van der Waals surface area (Å²) in [7, 11) is -3.58. The van der Waals surface area contributed by atoms with E-state index in [-0.39, 0.29) is 12.3 Å². The fourth-order valence-corrected chi connectivity index (χ4v) is 3.05. The Kier molecular flexibility index (Phi) is 4.61. The molecule has 0 aromatic carbocycles. The smallest absolute Gasteiger partial charge is 0.244 e. The second-order valence-corrected chi connectivity index (χ2v) is 5.84. The molecule has 7 nitrogen and oxygen atoms in total. The van der Waals surface area contributed by atoms with Gasteiger partial charge in [0.1, 0.15) is 6.04 Å². The number of rotatable bonds is 5. The summed E-state index contributed by atoms with van der Waals surface area (Å²) in [6.45, 7) is 4.02. The summed E-state index contributed by atoms with van der Waals surface area (Å²) in [6.07, 6.45) is 0. The molecule has 1 unspecified atom stereocenters. The third-order valence-electron chi connectivity index (χ3n) is 2.52. The summed E-state index contributed by atoms with van der Waals surface area (Å²) >= 11 is 0. The molecule has 1 aliphatic heterocycles. The van der Waals surface area contributed by atoms with E-state index >= 15 is 0 Å². The highest BCUT2D eigenvalue weighted by molar-refractivity contribution is 7.89. The second-order valence-electron chi connectivity index (χ2n) is 3.80. The monoisotopic (exact) mass is 263 g/mol. The van der Waals surface area contributed by atoms with Gasteiger partial charge in [0, 0.05) is 6.54 Å². The SMILES string of the molecule is CCNCCS(=O)(=O)N1CC(=O)NC(=O)C1C. The van der Waals surface area contributed by atoms with Gasteiger partial charge in [-0.15, -0.1) is 0 Å². The van der Waals surface area contributed by atoms with Crippen LogP contribution in [0.4, 0.5) is 0 Å². The van der Waals surface area contributed by atoms with Crippen LogP contribution in [0.1, 0.15) is 13.8 Å². The van der Waals surface area contributed by atoms with Crippen molar-refractivity contribution >= 4 is 21.8 Å². The summed E-state index contributed by atoms with van der Waals surface area (Å²) in [5, 5.41) is 4.99. The summed E-state index contributed by atoms with van der Waals surface area (Å²) in [5.74, 6) is -1.28. The normalized spacial score (nSPS) is 22.6. The van der Waals surface area contributed by atoms with Crippen molar-refractivity contribution in [3.05, 3.63) is 0 Å². The summed E-state index contributed by atoms with van der Waals surface area (Å²) in [6, 6.07) is -0.834. The quantitative estimate of drug-likeness (QED) is 0.454. The van der Waals surface area contributed by atoms with Crippen molar-refractivity contribution in [2.75, 3.05) is 25.4 Å². The van der Waals surface area contributed by atoms with Gasteiger partial charge in [-0.1, -0.05) is 6.92 Å². The van der Waals surface area contributed by atoms with Crippen molar-refractivity contribution in [2.45, 2.75) is 19.9 Å². The van der Waals surface area contributed by atoms with Crippen LogP contribution in [0, 0.1) is 0 Å². The molecule has 0 aromatic rings. The number of hydrogen-bond acceptors (Lipinski definition) is 5. The molecule has 8 heteroatoms. The van der Waals surface area contributed by atoms with Gasteiger partial charge in [0.2, 0.25) is 21.8 Å². The zero-order chi connectivity index (χ0) is 13.1. The Balaban J connectivity index is 2.75. The van der Waals surface area contributed by atoms with Gasteiger partial charge in [-0.05, 0) is 13.5 Å². The van der Waals surface area contributed by atoms with Gasteiger partial charge in [-0.2, -0.15) is 4.31 Å². The molecular weight excluding hydrogens is 246 g/mol. The fraction of sp³-hybridized carbons (Fsp3) is 0.778. The van der Waals surface area contributed by atoms with Crippen molar-refractivity contribution in [1.29, 1.82) is 0 Å². The molecule has 1 heterocycles. The van der Waals surface area contributed by atoms with E-state index in [0.29, 0.717) is 13.1 Å². The Bertz CT molecular complexity index is 406. The van der Waals surface area contributed by atoms with Crippen LogP contribution < -0.4 is 10.6 Å². The lowest BCUT2D eigenvalue weighted by atomic mass is 10.2. The number of sulfonamides is 1. The average Bonchev–Trinajstić information content (AvgIpc) is 2.23. The molecule has 1 rings (SSSR count). The predicted octanol–water partition coefficient (Wildman–Crippen LogP) is -1.73. The van der Waals surface area contributed by atoms with E-state index in [1.54, 1.807) is 0 Å². The molecule has 0 aromatic heterocycles. The van der Waals surface area contributed by atoms with Crippen LogP contribution in [0.15, 0.2) is 0 Å². The van der Waals surface area contributed by atoms with E-state index in [9.17, 15) is 18.0 Å². The highest BCUT2D eigenvalue weighted by atomic mass is 32.2. The Morgan fingerprint density at radius 1 is 1.47 bits per heavy atom. The minimum Gasteiger partial charge on any atom is -0.316 e. The van der Waals surface area contributed by atoms with Gasteiger partial charge >= 0.3 is 0 Å². The van der Waals surface area contributed by atoms with Crippen LogP contribution >= 0.6 is 0 Å². The molecule has 17 heavy (non-hydrogen) atoms. The third kappa shape index (κ3) is 3.48. The number of carbonyl (C=O) groups is 2. The van der Waals surface area contributed by atoms with Gasteiger partial charge < -0.3 is 5.32 Å². The number of imide groups is 1. The lowest BCUT2D eigenvalue weighted by molar-refractivity contribution is -0.136. The molecular formula is C9H17N3O4S. The maximum absolute atomic E-state index is 11.9. The average molecular weight is 263 g/mol. The number of nitrogens with zero attached hydrogens (tertiary/aromatic N) is 1. The Labute approximate surface area is 101 Å². The third-order valence-corrected chi connectivity index (χ3v) is 4.40. The topological polar surface area (TPSA) is 95.6 Å². The van der Waals surface area contributed by atoms with Gasteiger partial charge in [0.05, 0.1) is 12.3 Å².